The third-order valence-electron chi connectivity index (χ3n) is 4.43. The van der Waals surface area contributed by atoms with Gasteiger partial charge in [-0.3, -0.25) is 14.5 Å². The van der Waals surface area contributed by atoms with Gasteiger partial charge >= 0.3 is 0 Å². The van der Waals surface area contributed by atoms with Crippen molar-refractivity contribution in [2.24, 2.45) is 0 Å². The molecular formula is C17H17N3O2S2. The Kier molecular flexibility index (Phi) is 4.05. The van der Waals surface area contributed by atoms with Gasteiger partial charge in [0.1, 0.15) is 10.9 Å². The van der Waals surface area contributed by atoms with Crippen molar-refractivity contribution in [2.75, 3.05) is 18.5 Å². The molecule has 2 amide bonds. The van der Waals surface area contributed by atoms with Crippen molar-refractivity contribution in [3.05, 3.63) is 35.2 Å². The first-order chi connectivity index (χ1) is 11.6. The van der Waals surface area contributed by atoms with Gasteiger partial charge in [-0.1, -0.05) is 41.3 Å². The number of benzene rings is 1. The molecule has 2 aliphatic heterocycles. The molecule has 1 fully saturated rings. The number of likely N-dealkylation sites (N-methyl/N-ethyl adjacent to an activating group) is 1. The van der Waals surface area contributed by atoms with E-state index < -0.39 is 0 Å². The molecule has 1 aromatic heterocycles. The molecule has 7 heteroatoms. The molecule has 0 N–H and O–H groups in total. The minimum Gasteiger partial charge on any atom is -0.326 e. The summed E-state index contributed by atoms with van der Waals surface area (Å²) < 4.78 is 0.787. The maximum atomic E-state index is 12.9. The number of piperidine rings is 1. The summed E-state index contributed by atoms with van der Waals surface area (Å²) >= 11 is 2.90. The van der Waals surface area contributed by atoms with Gasteiger partial charge in [-0.25, -0.2) is 4.98 Å². The maximum absolute atomic E-state index is 12.9. The zero-order chi connectivity index (χ0) is 16.7. The van der Waals surface area contributed by atoms with Crippen LogP contribution in [0.1, 0.15) is 28.9 Å². The Morgan fingerprint density at radius 2 is 2.00 bits per heavy atom. The molecule has 3 heterocycles. The minimum atomic E-state index is -0.331. The minimum absolute atomic E-state index is 0.0247. The molecule has 4 rings (SSSR count). The average molecular weight is 359 g/mol. The number of nitrogens with zero attached hydrogens (tertiary/aromatic N) is 3. The van der Waals surface area contributed by atoms with E-state index in [1.165, 1.54) is 23.1 Å². The quantitative estimate of drug-likeness (QED) is 0.826. The number of amides is 2. The Labute approximate surface area is 148 Å². The Morgan fingerprint density at radius 3 is 2.79 bits per heavy atom. The number of anilines is 1. The van der Waals surface area contributed by atoms with Gasteiger partial charge in [0.2, 0.25) is 0 Å². The zero-order valence-corrected chi connectivity index (χ0v) is 14.9. The Balaban J connectivity index is 1.71. The van der Waals surface area contributed by atoms with Gasteiger partial charge in [0.25, 0.3) is 11.8 Å². The van der Waals surface area contributed by atoms with Crippen molar-refractivity contribution in [1.29, 1.82) is 0 Å². The zero-order valence-electron chi connectivity index (χ0n) is 13.3. The Hall–Kier alpha value is -1.86. The summed E-state index contributed by atoms with van der Waals surface area (Å²) in [5.41, 5.74) is 0. The van der Waals surface area contributed by atoms with Gasteiger partial charge in [-0.2, -0.15) is 0 Å². The van der Waals surface area contributed by atoms with Crippen LogP contribution in [0.25, 0.3) is 0 Å². The summed E-state index contributed by atoms with van der Waals surface area (Å²) in [6.07, 6.45) is 2.69. The summed E-state index contributed by atoms with van der Waals surface area (Å²) in [5.74, 6) is 0.427. The SMILES string of the molecule is CN1C(=O)C2CCCCN2C(=O)c2sc(Sc3ccccc3)nc21. The summed E-state index contributed by atoms with van der Waals surface area (Å²) in [6, 6.07) is 9.60. The van der Waals surface area contributed by atoms with Crippen molar-refractivity contribution in [3.8, 4) is 0 Å². The van der Waals surface area contributed by atoms with Crippen LogP contribution >= 0.6 is 23.1 Å². The first-order valence-corrected chi connectivity index (χ1v) is 9.61. The fraction of sp³-hybridized carbons (Fsp3) is 0.353. The fourth-order valence-corrected chi connectivity index (χ4v) is 5.30. The molecule has 1 unspecified atom stereocenters. The summed E-state index contributed by atoms with van der Waals surface area (Å²) in [4.78, 5) is 35.2. The van der Waals surface area contributed by atoms with Gasteiger partial charge in [0, 0.05) is 18.5 Å². The van der Waals surface area contributed by atoms with Gasteiger partial charge in [-0.15, -0.1) is 0 Å². The van der Waals surface area contributed by atoms with E-state index in [9.17, 15) is 9.59 Å². The van der Waals surface area contributed by atoms with Crippen LogP contribution in [-0.4, -0.2) is 41.3 Å². The van der Waals surface area contributed by atoms with Gasteiger partial charge in [0.15, 0.2) is 10.2 Å². The number of aromatic nitrogens is 1. The average Bonchev–Trinajstić information content (AvgIpc) is 3.01. The number of fused-ring (bicyclic) bond motifs is 2. The number of rotatable bonds is 2. The number of carbonyl (C=O) groups is 2. The second-order valence-electron chi connectivity index (χ2n) is 5.95. The van der Waals surface area contributed by atoms with Gasteiger partial charge < -0.3 is 4.90 Å². The lowest BCUT2D eigenvalue weighted by Crippen LogP contribution is -2.50. The highest BCUT2D eigenvalue weighted by Crippen LogP contribution is 2.39. The van der Waals surface area contributed by atoms with Crippen LogP contribution in [-0.2, 0) is 4.79 Å². The molecule has 24 heavy (non-hydrogen) atoms. The van der Waals surface area contributed by atoms with E-state index in [4.69, 9.17) is 0 Å². The van der Waals surface area contributed by atoms with E-state index in [-0.39, 0.29) is 17.9 Å². The molecule has 5 nitrogen and oxygen atoms in total. The predicted molar refractivity (Wildman–Crippen MR) is 94.8 cm³/mol. The number of hydrogen-bond acceptors (Lipinski definition) is 5. The van der Waals surface area contributed by atoms with E-state index >= 15 is 0 Å². The monoisotopic (exact) mass is 359 g/mol. The van der Waals surface area contributed by atoms with E-state index in [1.54, 1.807) is 16.8 Å². The molecule has 1 saturated heterocycles. The number of hydrogen-bond donors (Lipinski definition) is 0. The van der Waals surface area contributed by atoms with Crippen molar-refractivity contribution in [1.82, 2.24) is 9.88 Å². The van der Waals surface area contributed by atoms with Crippen LogP contribution in [0.15, 0.2) is 39.6 Å². The molecular weight excluding hydrogens is 342 g/mol. The molecule has 2 aromatic rings. The van der Waals surface area contributed by atoms with Crippen molar-refractivity contribution in [3.63, 3.8) is 0 Å². The van der Waals surface area contributed by atoms with Crippen LogP contribution in [0.3, 0.4) is 0 Å². The maximum Gasteiger partial charge on any atom is 0.268 e. The topological polar surface area (TPSA) is 53.5 Å². The Bertz CT molecular complexity index is 790. The highest BCUT2D eigenvalue weighted by atomic mass is 32.2. The standard InChI is InChI=1S/C17H17N3O2S2/c1-19-14-13(16(22)20-10-6-5-9-12(20)15(19)21)24-17(18-14)23-11-7-3-2-4-8-11/h2-4,7-8,12H,5-6,9-10H2,1H3. The van der Waals surface area contributed by atoms with E-state index in [2.05, 4.69) is 4.98 Å². The lowest BCUT2D eigenvalue weighted by Gasteiger charge is -2.33. The number of carbonyl (C=O) groups excluding carboxylic acids is 2. The number of thiazole rings is 1. The predicted octanol–water partition coefficient (Wildman–Crippen LogP) is 3.27. The highest BCUT2D eigenvalue weighted by Gasteiger charge is 2.41. The lowest BCUT2D eigenvalue weighted by atomic mass is 10.0. The van der Waals surface area contributed by atoms with Gasteiger partial charge in [-0.05, 0) is 31.4 Å². The second kappa shape index (κ2) is 6.22. The molecule has 0 aliphatic carbocycles. The van der Waals surface area contributed by atoms with E-state index in [0.29, 0.717) is 17.2 Å². The van der Waals surface area contributed by atoms with E-state index in [1.807, 2.05) is 30.3 Å². The van der Waals surface area contributed by atoms with E-state index in [0.717, 1.165) is 28.5 Å². The molecule has 0 radical (unpaired) electrons. The summed E-state index contributed by atoms with van der Waals surface area (Å²) in [6.45, 7) is 0.654. The summed E-state index contributed by atoms with van der Waals surface area (Å²) in [5, 5.41) is 0. The molecule has 0 bridgehead atoms. The fourth-order valence-electron chi connectivity index (χ4n) is 3.18. The molecule has 1 atom stereocenters. The normalized spacial score (nSPS) is 20.6. The van der Waals surface area contributed by atoms with Crippen LogP contribution in [0.2, 0.25) is 0 Å². The lowest BCUT2D eigenvalue weighted by molar-refractivity contribution is -0.123. The third-order valence-corrected chi connectivity index (χ3v) is 6.53. The van der Waals surface area contributed by atoms with Crippen LogP contribution in [0, 0.1) is 0 Å². The summed E-state index contributed by atoms with van der Waals surface area (Å²) in [7, 11) is 1.73. The largest absolute Gasteiger partial charge is 0.326 e. The second-order valence-corrected chi connectivity index (χ2v) is 8.27. The Morgan fingerprint density at radius 1 is 1.21 bits per heavy atom. The first kappa shape index (κ1) is 15.7. The van der Waals surface area contributed by atoms with Crippen molar-refractivity contribution < 1.29 is 9.59 Å². The van der Waals surface area contributed by atoms with Crippen molar-refractivity contribution >= 4 is 40.7 Å². The highest BCUT2D eigenvalue weighted by molar-refractivity contribution is 8.01. The van der Waals surface area contributed by atoms with Crippen LogP contribution in [0.4, 0.5) is 5.82 Å². The first-order valence-electron chi connectivity index (χ1n) is 7.97. The molecule has 1 aromatic carbocycles. The molecule has 0 saturated carbocycles. The van der Waals surface area contributed by atoms with Crippen LogP contribution < -0.4 is 4.90 Å². The molecule has 0 spiro atoms. The van der Waals surface area contributed by atoms with Crippen molar-refractivity contribution in [2.45, 2.75) is 34.5 Å². The third kappa shape index (κ3) is 2.61. The van der Waals surface area contributed by atoms with Crippen LogP contribution in [0.5, 0.6) is 0 Å². The molecule has 124 valence electrons. The molecule has 2 aliphatic rings. The smallest absolute Gasteiger partial charge is 0.268 e. The van der Waals surface area contributed by atoms with Gasteiger partial charge in [0.05, 0.1) is 0 Å².